The Morgan fingerprint density at radius 1 is 0.302 bits per heavy atom. The van der Waals surface area contributed by atoms with E-state index in [4.69, 9.17) is 14.5 Å². The quantitative estimate of drug-likeness (QED) is 0.169. The maximum absolute atomic E-state index is 9.68. The molecule has 0 bridgehead atoms. The molecule has 0 radical (unpaired) electrons. The summed E-state index contributed by atoms with van der Waals surface area (Å²) in [6.07, 6.45) is 15.3. The molecule has 0 fully saturated rings. The van der Waals surface area contributed by atoms with Crippen LogP contribution in [0.2, 0.25) is 0 Å². The number of phenolic OH excluding ortho intramolecular Hbond substituents is 1. The summed E-state index contributed by atoms with van der Waals surface area (Å²) in [6.45, 7) is 0. The van der Waals surface area contributed by atoms with E-state index in [1.165, 1.54) is 38.1 Å². The van der Waals surface area contributed by atoms with Crippen molar-refractivity contribution in [1.29, 1.82) is 0 Å². The molecule has 0 saturated carbocycles. The van der Waals surface area contributed by atoms with Gasteiger partial charge in [-0.05, 0) is 188 Å². The number of pyridine rings is 8. The number of methoxy groups -OCH3 is 1. The van der Waals surface area contributed by atoms with Crippen LogP contribution < -0.4 is 9.47 Å². The maximum Gasteiger partial charge on any atom is 0.137 e. The Labute approximate surface area is 559 Å². The van der Waals surface area contributed by atoms with Gasteiger partial charge in [-0.2, -0.15) is 0 Å². The number of aromatic nitrogens is 10. The second-order valence-electron chi connectivity index (χ2n) is 22.8. The summed E-state index contributed by atoms with van der Waals surface area (Å²) in [7, 11) is 1.69. The monoisotopic (exact) mass is 1310 g/mol. The molecule has 7 aromatic carbocycles. The molecule has 0 aliphatic rings. The molecule has 0 unspecified atom stereocenters. The minimum absolute atomic E-state index is 0. The molecular formula is C82H61BrN10O3. The number of benzene rings is 7. The van der Waals surface area contributed by atoms with Crippen LogP contribution in [-0.4, -0.2) is 59.5 Å². The van der Waals surface area contributed by atoms with Crippen molar-refractivity contribution in [2.75, 3.05) is 7.11 Å². The highest BCUT2D eigenvalue weighted by Crippen LogP contribution is 2.39. The molecular weight excluding hydrogens is 1250 g/mol. The summed E-state index contributed by atoms with van der Waals surface area (Å²) in [5, 5.41) is 21.1. The molecule has 464 valence electrons. The van der Waals surface area contributed by atoms with Crippen LogP contribution in [0, 0.1) is 0 Å². The van der Waals surface area contributed by atoms with Crippen molar-refractivity contribution in [3.8, 4) is 34.6 Å². The lowest BCUT2D eigenvalue weighted by Crippen LogP contribution is -1.96. The first kappa shape index (κ1) is 59.9. The number of rotatable bonds is 5. The number of para-hydroxylation sites is 2. The maximum atomic E-state index is 9.68. The van der Waals surface area contributed by atoms with Crippen molar-refractivity contribution in [3.05, 3.63) is 303 Å². The molecule has 0 aliphatic heterocycles. The summed E-state index contributed by atoms with van der Waals surface area (Å²) < 4.78 is 23.8. The van der Waals surface area contributed by atoms with Gasteiger partial charge in [-0.3, -0.25) is 24.1 Å². The summed E-state index contributed by atoms with van der Waals surface area (Å²) in [5.41, 5.74) is 14.1. The first-order chi connectivity index (χ1) is 46.4. The SMILES string of the molecule is Brc1ccc2c3ccccc3n(-c3ccccn3)c2c1.C.C.COc1ccc2c(c1)c1ncccc1n1cccc21.Oc1ccc2c(c1)c1ncccc1n1cccc21.c1ccc(-n2c3ccccc3c3ccc(Oc4ccc5c(c4)c4ncccc4n4cccc54)cc32)nc1. The van der Waals surface area contributed by atoms with Gasteiger partial charge >= 0.3 is 0 Å². The Kier molecular flexibility index (Phi) is 15.5. The van der Waals surface area contributed by atoms with Gasteiger partial charge in [0.2, 0.25) is 0 Å². The number of aromatic hydroxyl groups is 1. The molecule has 20 rings (SSSR count). The van der Waals surface area contributed by atoms with Gasteiger partial charge in [0.1, 0.15) is 34.6 Å². The van der Waals surface area contributed by atoms with Gasteiger partial charge in [-0.25, -0.2) is 9.97 Å². The summed E-state index contributed by atoms with van der Waals surface area (Å²) in [4.78, 5) is 22.8. The van der Waals surface area contributed by atoms with Crippen LogP contribution in [0.1, 0.15) is 14.9 Å². The molecule has 20 aromatic rings. The standard InChI is InChI=1S/C32H20N4O.C17H11BrN2.C16H12N2O.C15H10N2O.2CH4/c1-2-8-28-23(7-1)24-14-13-22(20-30(24)36(28)31-11-3-4-16-33-31)37-21-12-15-25-26(19-21)32-29(9-5-17-34-32)35-18-6-10-27(25)35;18-12-8-9-14-13-5-1-2-6-15(13)20(16(14)11-12)17-7-3-4-10-19-17;1-19-11-6-7-12-13(10-11)16-15(4-2-8-17-16)18-9-3-5-14(12)18;18-10-5-6-11-12(9-10)15-14(3-1-7-16-15)17-8-2-4-13(11)17;;/h1-20H;1-11H;2-10H,1H3;1-9,18H;2*1H4. The van der Waals surface area contributed by atoms with E-state index in [1.54, 1.807) is 25.4 Å². The Hall–Kier alpha value is -12.4. The molecule has 0 aliphatic carbocycles. The first-order valence-electron chi connectivity index (χ1n) is 30.7. The average molecular weight is 1310 g/mol. The highest BCUT2D eigenvalue weighted by atomic mass is 79.9. The molecule has 13 nitrogen and oxygen atoms in total. The molecule has 13 aromatic heterocycles. The van der Waals surface area contributed by atoms with Crippen molar-refractivity contribution < 1.29 is 14.6 Å². The van der Waals surface area contributed by atoms with Crippen molar-refractivity contribution in [2.24, 2.45) is 0 Å². The Morgan fingerprint density at radius 2 is 0.667 bits per heavy atom. The van der Waals surface area contributed by atoms with E-state index in [2.05, 4.69) is 216 Å². The zero-order chi connectivity index (χ0) is 62.8. The fraction of sp³-hybridized carbons (Fsp3) is 0.0366. The van der Waals surface area contributed by atoms with Crippen molar-refractivity contribution >= 4 is 142 Å². The fourth-order valence-electron chi connectivity index (χ4n) is 13.4. The third kappa shape index (κ3) is 10.2. The predicted molar refractivity (Wildman–Crippen MR) is 397 cm³/mol. The Bertz CT molecular complexity index is 6310. The van der Waals surface area contributed by atoms with Crippen LogP contribution >= 0.6 is 15.9 Å². The first-order valence-corrected chi connectivity index (χ1v) is 31.5. The average Bonchev–Trinajstić information content (AvgIpc) is 1.34. The van der Waals surface area contributed by atoms with Gasteiger partial charge in [-0.15, -0.1) is 0 Å². The number of phenols is 1. The zero-order valence-electron chi connectivity index (χ0n) is 50.4. The normalized spacial score (nSPS) is 11.3. The highest BCUT2D eigenvalue weighted by Gasteiger charge is 2.18. The van der Waals surface area contributed by atoms with Gasteiger partial charge in [0.25, 0.3) is 0 Å². The van der Waals surface area contributed by atoms with Crippen molar-refractivity contribution in [2.45, 2.75) is 14.9 Å². The third-order valence-electron chi connectivity index (χ3n) is 17.5. The number of hydrogen-bond acceptors (Lipinski definition) is 8. The van der Waals surface area contributed by atoms with E-state index in [1.807, 2.05) is 122 Å². The van der Waals surface area contributed by atoms with Crippen molar-refractivity contribution in [3.63, 3.8) is 0 Å². The number of nitrogens with zero attached hydrogens (tertiary/aromatic N) is 10. The van der Waals surface area contributed by atoms with E-state index < -0.39 is 0 Å². The lowest BCUT2D eigenvalue weighted by Gasteiger charge is -2.12. The van der Waals surface area contributed by atoms with Crippen LogP contribution in [0.5, 0.6) is 23.0 Å². The lowest BCUT2D eigenvalue weighted by atomic mass is 10.1. The number of hydrogen-bond donors (Lipinski definition) is 1. The highest BCUT2D eigenvalue weighted by molar-refractivity contribution is 9.10. The van der Waals surface area contributed by atoms with E-state index in [0.717, 1.165) is 121 Å². The largest absolute Gasteiger partial charge is 0.508 e. The van der Waals surface area contributed by atoms with Crippen LogP contribution in [0.15, 0.2) is 303 Å². The molecule has 0 saturated heterocycles. The summed E-state index contributed by atoms with van der Waals surface area (Å²) in [6, 6.07) is 83.9. The molecule has 0 spiro atoms. The summed E-state index contributed by atoms with van der Waals surface area (Å²) in [5.74, 6) is 4.49. The van der Waals surface area contributed by atoms with E-state index in [9.17, 15) is 5.11 Å². The van der Waals surface area contributed by atoms with E-state index >= 15 is 0 Å². The molecule has 96 heavy (non-hydrogen) atoms. The van der Waals surface area contributed by atoms with Gasteiger partial charge in [0.05, 0.1) is 78.8 Å². The molecule has 0 atom stereocenters. The fourth-order valence-corrected chi connectivity index (χ4v) is 13.8. The minimum Gasteiger partial charge on any atom is -0.508 e. The zero-order valence-corrected chi connectivity index (χ0v) is 52.0. The van der Waals surface area contributed by atoms with Gasteiger partial charge in [-0.1, -0.05) is 85.4 Å². The lowest BCUT2D eigenvalue weighted by molar-refractivity contribution is 0.415. The summed E-state index contributed by atoms with van der Waals surface area (Å²) >= 11 is 3.56. The number of ether oxygens (including phenoxy) is 2. The van der Waals surface area contributed by atoms with Gasteiger partial charge in [0.15, 0.2) is 0 Å². The smallest absolute Gasteiger partial charge is 0.137 e. The van der Waals surface area contributed by atoms with Gasteiger partial charge in [0, 0.05) is 114 Å². The Balaban J connectivity index is 0.000000110. The van der Waals surface area contributed by atoms with Crippen LogP contribution in [0.3, 0.4) is 0 Å². The molecule has 0 amide bonds. The second kappa shape index (κ2) is 24.9. The molecule has 13 heterocycles. The van der Waals surface area contributed by atoms with E-state index in [-0.39, 0.29) is 20.6 Å². The van der Waals surface area contributed by atoms with Crippen LogP contribution in [-0.2, 0) is 0 Å². The molecule has 14 heteroatoms. The van der Waals surface area contributed by atoms with Crippen LogP contribution in [0.25, 0.3) is 137 Å². The third-order valence-corrected chi connectivity index (χ3v) is 18.0. The van der Waals surface area contributed by atoms with Gasteiger partial charge < -0.3 is 27.8 Å². The minimum atomic E-state index is 0. The molecule has 1 N–H and O–H groups in total. The number of fused-ring (bicyclic) bond motifs is 24. The predicted octanol–water partition coefficient (Wildman–Crippen LogP) is 21.1. The Morgan fingerprint density at radius 3 is 1.15 bits per heavy atom. The topological polar surface area (TPSA) is 126 Å². The van der Waals surface area contributed by atoms with Crippen LogP contribution in [0.4, 0.5) is 0 Å². The van der Waals surface area contributed by atoms with E-state index in [0.29, 0.717) is 0 Å². The number of halogens is 1. The second-order valence-corrected chi connectivity index (χ2v) is 23.7. The van der Waals surface area contributed by atoms with Crippen molar-refractivity contribution in [1.82, 2.24) is 47.3 Å².